The number of hydrogen-bond acceptors (Lipinski definition) is 2. The molecule has 0 radical (unpaired) electrons. The molecule has 2 unspecified atom stereocenters. The maximum atomic E-state index is 12.6. The van der Waals surface area contributed by atoms with Crippen LogP contribution in [-0.4, -0.2) is 31.0 Å². The van der Waals surface area contributed by atoms with E-state index in [0.717, 1.165) is 32.1 Å². The van der Waals surface area contributed by atoms with Crippen LogP contribution in [0.2, 0.25) is 0 Å². The van der Waals surface area contributed by atoms with Crippen LogP contribution in [0.1, 0.15) is 45.4 Å². The van der Waals surface area contributed by atoms with Crippen molar-refractivity contribution in [3.63, 3.8) is 0 Å². The fourth-order valence-electron chi connectivity index (χ4n) is 3.25. The minimum atomic E-state index is -4.09. The highest BCUT2D eigenvalue weighted by atomic mass is 19.4. The minimum absolute atomic E-state index is 0.0812. The summed E-state index contributed by atoms with van der Waals surface area (Å²) < 4.78 is 43.6. The summed E-state index contributed by atoms with van der Waals surface area (Å²) in [6, 6.07) is -0.448. The maximum Gasteiger partial charge on any atom is 0.390 e. The van der Waals surface area contributed by atoms with E-state index >= 15 is 0 Å². The second kappa shape index (κ2) is 5.37. The number of nitrogens with one attached hydrogen (secondary N) is 1. The van der Waals surface area contributed by atoms with Crippen LogP contribution >= 0.6 is 0 Å². The standard InChI is InChI=1S/C13H22F3NO/c1-2-17-11(9-13(14,15)16)10-4-7-18-12(8-10)5-3-6-12/h10-11,17H,2-9H2,1H3. The van der Waals surface area contributed by atoms with Crippen molar-refractivity contribution in [2.75, 3.05) is 13.2 Å². The largest absolute Gasteiger partial charge is 0.390 e. The van der Waals surface area contributed by atoms with Gasteiger partial charge in [-0.05, 0) is 44.6 Å². The van der Waals surface area contributed by atoms with Crippen LogP contribution < -0.4 is 5.32 Å². The monoisotopic (exact) mass is 265 g/mol. The highest BCUT2D eigenvalue weighted by Crippen LogP contribution is 2.45. The average Bonchev–Trinajstić information content (AvgIpc) is 2.25. The second-order valence-electron chi connectivity index (χ2n) is 5.62. The molecule has 1 saturated heterocycles. The van der Waals surface area contributed by atoms with Crippen LogP contribution in [0.4, 0.5) is 13.2 Å². The molecule has 0 bridgehead atoms. The molecule has 1 aliphatic carbocycles. The highest BCUT2D eigenvalue weighted by molar-refractivity contribution is 4.96. The molecule has 2 rings (SSSR count). The van der Waals surface area contributed by atoms with Crippen LogP contribution in [0.5, 0.6) is 0 Å². The molecule has 1 N–H and O–H groups in total. The number of ether oxygens (including phenoxy) is 1. The fraction of sp³-hybridized carbons (Fsp3) is 1.00. The lowest BCUT2D eigenvalue weighted by Gasteiger charge is -2.49. The molecule has 2 aliphatic rings. The van der Waals surface area contributed by atoms with Gasteiger partial charge in [0.2, 0.25) is 0 Å². The van der Waals surface area contributed by atoms with Crippen molar-refractivity contribution in [1.82, 2.24) is 5.32 Å². The Bertz CT molecular complexity index is 276. The molecular formula is C13H22F3NO. The summed E-state index contributed by atoms with van der Waals surface area (Å²) in [4.78, 5) is 0. The van der Waals surface area contributed by atoms with Crippen molar-refractivity contribution < 1.29 is 17.9 Å². The van der Waals surface area contributed by atoms with Gasteiger partial charge in [-0.1, -0.05) is 6.92 Å². The van der Waals surface area contributed by atoms with Crippen molar-refractivity contribution in [3.05, 3.63) is 0 Å². The highest BCUT2D eigenvalue weighted by Gasteiger charge is 2.45. The van der Waals surface area contributed by atoms with Crippen LogP contribution in [0.25, 0.3) is 0 Å². The van der Waals surface area contributed by atoms with E-state index in [4.69, 9.17) is 4.74 Å². The topological polar surface area (TPSA) is 21.3 Å². The maximum absolute atomic E-state index is 12.6. The van der Waals surface area contributed by atoms with Gasteiger partial charge in [0.1, 0.15) is 0 Å². The molecule has 1 spiro atoms. The Morgan fingerprint density at radius 3 is 2.61 bits per heavy atom. The van der Waals surface area contributed by atoms with Crippen molar-refractivity contribution in [1.29, 1.82) is 0 Å². The SMILES string of the molecule is CCNC(CC(F)(F)F)C1CCOC2(CCC2)C1. The minimum Gasteiger partial charge on any atom is -0.375 e. The van der Waals surface area contributed by atoms with Crippen LogP contribution in [0.15, 0.2) is 0 Å². The zero-order chi connectivity index (χ0) is 13.2. The van der Waals surface area contributed by atoms with Gasteiger partial charge in [-0.3, -0.25) is 0 Å². The normalized spacial score (nSPS) is 29.0. The molecule has 0 amide bonds. The van der Waals surface area contributed by atoms with Crippen molar-refractivity contribution in [3.8, 4) is 0 Å². The van der Waals surface area contributed by atoms with E-state index in [1.807, 2.05) is 6.92 Å². The molecule has 1 aliphatic heterocycles. The van der Waals surface area contributed by atoms with Gasteiger partial charge < -0.3 is 10.1 Å². The lowest BCUT2D eigenvalue weighted by molar-refractivity contribution is -0.166. The summed E-state index contributed by atoms with van der Waals surface area (Å²) in [5.41, 5.74) is -0.0812. The first-order valence-electron chi connectivity index (χ1n) is 6.88. The van der Waals surface area contributed by atoms with Gasteiger partial charge in [-0.25, -0.2) is 0 Å². The molecule has 18 heavy (non-hydrogen) atoms. The molecule has 1 heterocycles. The molecule has 0 aromatic rings. The molecule has 2 fully saturated rings. The first kappa shape index (κ1) is 14.1. The Balaban J connectivity index is 1.96. The lowest BCUT2D eigenvalue weighted by Crippen LogP contribution is -2.51. The van der Waals surface area contributed by atoms with Crippen molar-refractivity contribution in [2.45, 2.75) is 63.3 Å². The summed E-state index contributed by atoms with van der Waals surface area (Å²) in [6.45, 7) is 3.07. The lowest BCUT2D eigenvalue weighted by atomic mass is 9.70. The summed E-state index contributed by atoms with van der Waals surface area (Å²) in [6.07, 6.45) is -0.0731. The number of halogens is 3. The van der Waals surface area contributed by atoms with E-state index in [-0.39, 0.29) is 11.5 Å². The van der Waals surface area contributed by atoms with Crippen molar-refractivity contribution in [2.24, 2.45) is 5.92 Å². The second-order valence-corrected chi connectivity index (χ2v) is 5.62. The molecule has 0 aromatic carbocycles. The van der Waals surface area contributed by atoms with Crippen LogP contribution in [0.3, 0.4) is 0 Å². The Morgan fingerprint density at radius 2 is 2.11 bits per heavy atom. The third-order valence-electron chi connectivity index (χ3n) is 4.28. The molecule has 2 atom stereocenters. The first-order valence-corrected chi connectivity index (χ1v) is 6.88. The quantitative estimate of drug-likeness (QED) is 0.842. The van der Waals surface area contributed by atoms with Gasteiger partial charge in [-0.2, -0.15) is 13.2 Å². The van der Waals surface area contributed by atoms with Gasteiger partial charge >= 0.3 is 6.18 Å². The average molecular weight is 265 g/mol. The third kappa shape index (κ3) is 3.38. The summed E-state index contributed by atoms with van der Waals surface area (Å²) in [5, 5.41) is 3.02. The molecule has 0 aromatic heterocycles. The smallest absolute Gasteiger partial charge is 0.375 e. The predicted octanol–water partition coefficient (Wildman–Crippen LogP) is 3.27. The predicted molar refractivity (Wildman–Crippen MR) is 63.4 cm³/mol. The van der Waals surface area contributed by atoms with Gasteiger partial charge in [0.05, 0.1) is 12.0 Å². The molecule has 2 nitrogen and oxygen atoms in total. The van der Waals surface area contributed by atoms with E-state index in [2.05, 4.69) is 5.32 Å². The third-order valence-corrected chi connectivity index (χ3v) is 4.28. The van der Waals surface area contributed by atoms with E-state index in [1.165, 1.54) is 0 Å². The number of alkyl halides is 3. The summed E-state index contributed by atoms with van der Waals surface area (Å²) in [5.74, 6) is 0.0978. The Labute approximate surface area is 106 Å². The Morgan fingerprint density at radius 1 is 1.39 bits per heavy atom. The Kier molecular flexibility index (Phi) is 4.22. The van der Waals surface area contributed by atoms with E-state index in [9.17, 15) is 13.2 Å². The zero-order valence-corrected chi connectivity index (χ0v) is 10.9. The Hall–Kier alpha value is -0.290. The number of rotatable bonds is 4. The van der Waals surface area contributed by atoms with Gasteiger partial charge in [0.25, 0.3) is 0 Å². The fourth-order valence-corrected chi connectivity index (χ4v) is 3.25. The molecule has 106 valence electrons. The summed E-state index contributed by atoms with van der Waals surface area (Å²) >= 11 is 0. The van der Waals surface area contributed by atoms with Crippen molar-refractivity contribution >= 4 is 0 Å². The molecule has 1 saturated carbocycles. The van der Waals surface area contributed by atoms with Crippen LogP contribution in [-0.2, 0) is 4.74 Å². The van der Waals surface area contributed by atoms with Gasteiger partial charge in [0.15, 0.2) is 0 Å². The first-order chi connectivity index (χ1) is 8.44. The van der Waals surface area contributed by atoms with E-state index in [1.54, 1.807) is 0 Å². The number of hydrogen-bond donors (Lipinski definition) is 1. The molecule has 5 heteroatoms. The summed E-state index contributed by atoms with van der Waals surface area (Å²) in [7, 11) is 0. The van der Waals surface area contributed by atoms with E-state index in [0.29, 0.717) is 13.2 Å². The van der Waals surface area contributed by atoms with Gasteiger partial charge in [-0.15, -0.1) is 0 Å². The zero-order valence-electron chi connectivity index (χ0n) is 10.9. The van der Waals surface area contributed by atoms with E-state index < -0.39 is 18.6 Å². The van der Waals surface area contributed by atoms with Gasteiger partial charge in [0, 0.05) is 12.6 Å². The van der Waals surface area contributed by atoms with Crippen LogP contribution in [0, 0.1) is 5.92 Å². The molecular weight excluding hydrogens is 243 g/mol.